The average molecular weight is 476 g/mol. The molecule has 1 N–H and O–H groups in total. The molecule has 0 heterocycles. The molecule has 0 aliphatic carbocycles. The van der Waals surface area contributed by atoms with Crippen molar-refractivity contribution >= 4 is 51.0 Å². The first-order chi connectivity index (χ1) is 14.8. The number of sulfonamides is 1. The molecule has 0 spiro atoms. The molecule has 0 bridgehead atoms. The van der Waals surface area contributed by atoms with Gasteiger partial charge in [-0.25, -0.2) is 13.8 Å². The van der Waals surface area contributed by atoms with E-state index in [2.05, 4.69) is 10.5 Å². The van der Waals surface area contributed by atoms with Crippen LogP contribution in [-0.2, 0) is 14.8 Å². The minimum atomic E-state index is -4.02. The third-order valence-electron chi connectivity index (χ3n) is 4.24. The molecule has 0 aliphatic heterocycles. The van der Waals surface area contributed by atoms with E-state index in [1.165, 1.54) is 24.4 Å². The van der Waals surface area contributed by atoms with Gasteiger partial charge in [0.25, 0.3) is 15.9 Å². The molecule has 9 heteroatoms. The molecule has 0 unspecified atom stereocenters. The predicted octanol–water partition coefficient (Wildman–Crippen LogP) is 4.65. The molecule has 0 aromatic heterocycles. The van der Waals surface area contributed by atoms with Gasteiger partial charge in [0.15, 0.2) is 0 Å². The van der Waals surface area contributed by atoms with Crippen LogP contribution < -0.4 is 9.73 Å². The van der Waals surface area contributed by atoms with Crippen LogP contribution in [0.1, 0.15) is 11.1 Å². The van der Waals surface area contributed by atoms with E-state index in [1.54, 1.807) is 54.6 Å². The SMILES string of the molecule is Cc1ccc(S(=O)(=O)N(CC(=O)N/N=C\c2cccc(Cl)c2)c2cccc(Cl)c2)cc1. The van der Waals surface area contributed by atoms with Crippen LogP contribution in [0, 0.1) is 6.92 Å². The molecule has 3 aromatic rings. The van der Waals surface area contributed by atoms with Crippen LogP contribution in [0.15, 0.2) is 82.8 Å². The van der Waals surface area contributed by atoms with Crippen LogP contribution in [0.5, 0.6) is 0 Å². The molecule has 0 saturated heterocycles. The van der Waals surface area contributed by atoms with Crippen molar-refractivity contribution in [2.75, 3.05) is 10.8 Å². The summed E-state index contributed by atoms with van der Waals surface area (Å²) in [7, 11) is -4.02. The van der Waals surface area contributed by atoms with Crippen molar-refractivity contribution in [3.05, 3.63) is 94.0 Å². The highest BCUT2D eigenvalue weighted by atomic mass is 35.5. The minimum Gasteiger partial charge on any atom is -0.271 e. The second-order valence-corrected chi connectivity index (χ2v) is 9.39. The van der Waals surface area contributed by atoms with E-state index in [0.717, 1.165) is 9.87 Å². The number of benzene rings is 3. The highest BCUT2D eigenvalue weighted by Crippen LogP contribution is 2.26. The number of anilines is 1. The maximum Gasteiger partial charge on any atom is 0.264 e. The number of carbonyl (C=O) groups excluding carboxylic acids is 1. The van der Waals surface area contributed by atoms with Gasteiger partial charge in [-0.15, -0.1) is 0 Å². The first-order valence-electron chi connectivity index (χ1n) is 9.18. The number of hydrogen-bond acceptors (Lipinski definition) is 4. The first-order valence-corrected chi connectivity index (χ1v) is 11.4. The summed E-state index contributed by atoms with van der Waals surface area (Å²) in [5.74, 6) is -0.617. The summed E-state index contributed by atoms with van der Waals surface area (Å²) >= 11 is 12.0. The lowest BCUT2D eigenvalue weighted by Gasteiger charge is -2.24. The number of hydrogen-bond donors (Lipinski definition) is 1. The molecule has 3 aromatic carbocycles. The summed E-state index contributed by atoms with van der Waals surface area (Å²) < 4.78 is 27.5. The molecule has 0 radical (unpaired) electrons. The van der Waals surface area contributed by atoms with Crippen molar-refractivity contribution in [1.82, 2.24) is 5.43 Å². The highest BCUT2D eigenvalue weighted by Gasteiger charge is 2.27. The molecular formula is C22H19Cl2N3O3S. The maximum atomic E-state index is 13.3. The zero-order chi connectivity index (χ0) is 22.4. The molecule has 6 nitrogen and oxygen atoms in total. The Balaban J connectivity index is 1.84. The van der Waals surface area contributed by atoms with Gasteiger partial charge in [0.05, 0.1) is 16.8 Å². The van der Waals surface area contributed by atoms with Crippen LogP contribution >= 0.6 is 23.2 Å². The Kier molecular flexibility index (Phi) is 7.33. The third kappa shape index (κ3) is 6.07. The molecule has 31 heavy (non-hydrogen) atoms. The zero-order valence-corrected chi connectivity index (χ0v) is 18.8. The quantitative estimate of drug-likeness (QED) is 0.399. The Morgan fingerprint density at radius 3 is 2.29 bits per heavy atom. The maximum absolute atomic E-state index is 13.3. The van der Waals surface area contributed by atoms with Crippen LogP contribution in [0.3, 0.4) is 0 Å². The lowest BCUT2D eigenvalue weighted by Crippen LogP contribution is -2.39. The van der Waals surface area contributed by atoms with Gasteiger partial charge in [-0.05, 0) is 55.0 Å². The second kappa shape index (κ2) is 9.96. The lowest BCUT2D eigenvalue weighted by atomic mass is 10.2. The Bertz CT molecular complexity index is 1210. The number of carbonyl (C=O) groups is 1. The number of rotatable bonds is 7. The smallest absolute Gasteiger partial charge is 0.264 e. The fraction of sp³-hybridized carbons (Fsp3) is 0.0909. The number of hydrazone groups is 1. The van der Waals surface area contributed by atoms with E-state index >= 15 is 0 Å². The normalized spacial score (nSPS) is 11.5. The fourth-order valence-corrected chi connectivity index (χ4v) is 4.51. The van der Waals surface area contributed by atoms with E-state index in [-0.39, 0.29) is 10.6 Å². The van der Waals surface area contributed by atoms with Gasteiger partial charge in [0, 0.05) is 10.0 Å². The summed E-state index contributed by atoms with van der Waals surface area (Å²) in [6.07, 6.45) is 1.42. The summed E-state index contributed by atoms with van der Waals surface area (Å²) in [4.78, 5) is 12.6. The topological polar surface area (TPSA) is 78.8 Å². The van der Waals surface area contributed by atoms with Crippen molar-refractivity contribution < 1.29 is 13.2 Å². The average Bonchev–Trinajstić information content (AvgIpc) is 2.72. The molecule has 0 aliphatic rings. The summed E-state index contributed by atoms with van der Waals surface area (Å²) in [6, 6.07) is 19.6. The van der Waals surface area contributed by atoms with Gasteiger partial charge in [-0.1, -0.05) is 59.1 Å². The zero-order valence-electron chi connectivity index (χ0n) is 16.5. The van der Waals surface area contributed by atoms with Crippen LogP contribution in [0.4, 0.5) is 5.69 Å². The number of amides is 1. The number of halogens is 2. The number of nitrogens with one attached hydrogen (secondary N) is 1. The Hall–Kier alpha value is -2.87. The van der Waals surface area contributed by atoms with Gasteiger partial charge >= 0.3 is 0 Å². The molecular weight excluding hydrogens is 457 g/mol. The van der Waals surface area contributed by atoms with Gasteiger partial charge in [0.1, 0.15) is 6.54 Å². The fourth-order valence-electron chi connectivity index (χ4n) is 2.72. The monoisotopic (exact) mass is 475 g/mol. The van der Waals surface area contributed by atoms with Gasteiger partial charge in [-0.3, -0.25) is 9.10 Å². The van der Waals surface area contributed by atoms with Gasteiger partial charge < -0.3 is 0 Å². The van der Waals surface area contributed by atoms with E-state index in [9.17, 15) is 13.2 Å². The van der Waals surface area contributed by atoms with E-state index in [1.807, 2.05) is 6.92 Å². The van der Waals surface area contributed by atoms with Gasteiger partial charge in [-0.2, -0.15) is 5.10 Å². The highest BCUT2D eigenvalue weighted by molar-refractivity contribution is 7.92. The number of aryl methyl sites for hydroxylation is 1. The Labute approximate surface area is 191 Å². The van der Waals surface area contributed by atoms with Crippen molar-refractivity contribution in [2.24, 2.45) is 5.10 Å². The van der Waals surface area contributed by atoms with Crippen molar-refractivity contribution in [3.63, 3.8) is 0 Å². The predicted molar refractivity (Wildman–Crippen MR) is 124 cm³/mol. The molecule has 1 amide bonds. The molecule has 160 valence electrons. The van der Waals surface area contributed by atoms with Crippen LogP contribution in [0.2, 0.25) is 10.0 Å². The minimum absolute atomic E-state index is 0.0632. The van der Waals surface area contributed by atoms with Crippen LogP contribution in [-0.4, -0.2) is 27.1 Å². The standard InChI is InChI=1S/C22H19Cl2N3O3S/c1-16-8-10-21(11-9-16)31(29,30)27(20-7-3-6-19(24)13-20)15-22(28)26-25-14-17-4-2-5-18(23)12-17/h2-14H,15H2,1H3,(H,26,28)/b25-14-. The summed E-state index contributed by atoms with van der Waals surface area (Å²) in [5, 5.41) is 4.76. The lowest BCUT2D eigenvalue weighted by molar-refractivity contribution is -0.119. The summed E-state index contributed by atoms with van der Waals surface area (Å²) in [6.45, 7) is 1.37. The van der Waals surface area contributed by atoms with Crippen molar-refractivity contribution in [1.29, 1.82) is 0 Å². The van der Waals surface area contributed by atoms with Crippen molar-refractivity contribution in [2.45, 2.75) is 11.8 Å². The van der Waals surface area contributed by atoms with Gasteiger partial charge in [0.2, 0.25) is 0 Å². The largest absolute Gasteiger partial charge is 0.271 e. The molecule has 0 atom stereocenters. The van der Waals surface area contributed by atoms with E-state index in [0.29, 0.717) is 15.6 Å². The third-order valence-corrected chi connectivity index (χ3v) is 6.50. The van der Waals surface area contributed by atoms with E-state index < -0.39 is 22.5 Å². The molecule has 0 fully saturated rings. The summed E-state index contributed by atoms with van der Waals surface area (Å²) in [5.41, 5.74) is 4.22. The van der Waals surface area contributed by atoms with Crippen molar-refractivity contribution in [3.8, 4) is 0 Å². The molecule has 0 saturated carbocycles. The second-order valence-electron chi connectivity index (χ2n) is 6.65. The Morgan fingerprint density at radius 1 is 1.00 bits per heavy atom. The first kappa shape index (κ1) is 22.8. The van der Waals surface area contributed by atoms with E-state index in [4.69, 9.17) is 23.2 Å². The Morgan fingerprint density at radius 2 is 1.65 bits per heavy atom. The van der Waals surface area contributed by atoms with Crippen LogP contribution in [0.25, 0.3) is 0 Å². The number of nitrogens with zero attached hydrogens (tertiary/aromatic N) is 2. The molecule has 3 rings (SSSR count).